The SMILES string of the molecule is CC(C)=CC(=O)CC(C)=CCOc1ccc(CCNC(=O)C=CS(C)(=O)=O)cc1O. The molecule has 7 nitrogen and oxygen atoms in total. The maximum Gasteiger partial charge on any atom is 0.244 e. The Balaban J connectivity index is 2.51. The van der Waals surface area contributed by atoms with Crippen molar-refractivity contribution in [1.29, 1.82) is 0 Å². The van der Waals surface area contributed by atoms with Crippen LogP contribution in [0.4, 0.5) is 0 Å². The third-order valence-corrected chi connectivity index (χ3v) is 4.41. The molecule has 0 aliphatic heterocycles. The lowest BCUT2D eigenvalue weighted by Crippen LogP contribution is -2.23. The summed E-state index contributed by atoms with van der Waals surface area (Å²) >= 11 is 0. The second kappa shape index (κ2) is 12.0. The number of nitrogens with one attached hydrogen (secondary N) is 1. The average molecular weight is 436 g/mol. The minimum Gasteiger partial charge on any atom is -0.504 e. The molecule has 0 aliphatic carbocycles. The number of aromatic hydroxyl groups is 1. The topological polar surface area (TPSA) is 110 Å². The fourth-order valence-corrected chi connectivity index (χ4v) is 2.78. The standard InChI is InChI=1S/C22H29NO6S/c1-16(2)13-19(24)14-17(3)8-11-29-21-6-5-18(15-20(21)25)7-10-23-22(26)9-12-30(4,27)28/h5-6,8-9,12-13,15,25H,7,10-11,14H2,1-4H3,(H,23,26). The zero-order valence-corrected chi connectivity index (χ0v) is 18.6. The fourth-order valence-electron chi connectivity index (χ4n) is 2.41. The molecule has 1 aromatic carbocycles. The number of ether oxygens (including phenoxy) is 1. The molecule has 1 rings (SSSR count). The molecule has 0 aliphatic rings. The van der Waals surface area contributed by atoms with Gasteiger partial charge in [-0.3, -0.25) is 9.59 Å². The van der Waals surface area contributed by atoms with E-state index in [1.165, 1.54) is 0 Å². The van der Waals surface area contributed by atoms with E-state index in [4.69, 9.17) is 4.74 Å². The summed E-state index contributed by atoms with van der Waals surface area (Å²) in [6.07, 6.45) is 6.15. The summed E-state index contributed by atoms with van der Waals surface area (Å²) in [5, 5.41) is 13.5. The summed E-state index contributed by atoms with van der Waals surface area (Å²) < 4.78 is 27.5. The second-order valence-electron chi connectivity index (χ2n) is 7.20. The number of carbonyl (C=O) groups is 2. The van der Waals surface area contributed by atoms with Crippen molar-refractivity contribution < 1.29 is 27.9 Å². The predicted molar refractivity (Wildman–Crippen MR) is 117 cm³/mol. The number of hydrogen-bond acceptors (Lipinski definition) is 6. The van der Waals surface area contributed by atoms with Crippen molar-refractivity contribution in [3.8, 4) is 11.5 Å². The van der Waals surface area contributed by atoms with Gasteiger partial charge in [0.15, 0.2) is 27.1 Å². The van der Waals surface area contributed by atoms with Crippen LogP contribution in [-0.4, -0.2) is 44.6 Å². The van der Waals surface area contributed by atoms with E-state index in [1.54, 1.807) is 30.4 Å². The van der Waals surface area contributed by atoms with Crippen LogP contribution >= 0.6 is 0 Å². The summed E-state index contributed by atoms with van der Waals surface area (Å²) in [5.41, 5.74) is 2.62. The van der Waals surface area contributed by atoms with Crippen LogP contribution < -0.4 is 10.1 Å². The van der Waals surface area contributed by atoms with Crippen LogP contribution in [-0.2, 0) is 25.8 Å². The van der Waals surface area contributed by atoms with Crippen LogP contribution in [0.1, 0.15) is 32.8 Å². The van der Waals surface area contributed by atoms with Gasteiger partial charge in [0.05, 0.1) is 0 Å². The first-order chi connectivity index (χ1) is 14.0. The van der Waals surface area contributed by atoms with Gasteiger partial charge in [0.2, 0.25) is 5.91 Å². The normalized spacial score (nSPS) is 11.9. The molecule has 164 valence electrons. The van der Waals surface area contributed by atoms with Crippen LogP contribution in [0.2, 0.25) is 0 Å². The Morgan fingerprint density at radius 1 is 1.20 bits per heavy atom. The number of rotatable bonds is 11. The van der Waals surface area contributed by atoms with E-state index in [9.17, 15) is 23.1 Å². The van der Waals surface area contributed by atoms with Crippen molar-refractivity contribution in [3.05, 3.63) is 58.5 Å². The third-order valence-electron chi connectivity index (χ3n) is 3.78. The zero-order chi connectivity index (χ0) is 22.7. The molecule has 0 heterocycles. The Hall–Kier alpha value is -2.87. The van der Waals surface area contributed by atoms with Crippen molar-refractivity contribution in [2.24, 2.45) is 0 Å². The van der Waals surface area contributed by atoms with Crippen molar-refractivity contribution in [1.82, 2.24) is 5.32 Å². The first-order valence-corrected chi connectivity index (χ1v) is 11.4. The largest absolute Gasteiger partial charge is 0.504 e. The van der Waals surface area contributed by atoms with Crippen molar-refractivity contribution in [2.45, 2.75) is 33.6 Å². The number of amides is 1. The Morgan fingerprint density at radius 2 is 1.90 bits per heavy atom. The van der Waals surface area contributed by atoms with Crippen LogP contribution in [0, 0.1) is 0 Å². The Bertz CT molecular complexity index is 954. The lowest BCUT2D eigenvalue weighted by atomic mass is 10.1. The highest BCUT2D eigenvalue weighted by atomic mass is 32.2. The van der Waals surface area contributed by atoms with E-state index >= 15 is 0 Å². The van der Waals surface area contributed by atoms with Gasteiger partial charge >= 0.3 is 0 Å². The number of benzene rings is 1. The van der Waals surface area contributed by atoms with Crippen molar-refractivity contribution >= 4 is 21.5 Å². The quantitative estimate of drug-likeness (QED) is 0.409. The average Bonchev–Trinajstić information content (AvgIpc) is 2.60. The molecular formula is C22H29NO6S. The lowest BCUT2D eigenvalue weighted by Gasteiger charge is -2.09. The van der Waals surface area contributed by atoms with Gasteiger partial charge < -0.3 is 15.2 Å². The molecule has 8 heteroatoms. The van der Waals surface area contributed by atoms with E-state index in [1.807, 2.05) is 20.8 Å². The molecule has 1 amide bonds. The first kappa shape index (κ1) is 25.2. The minimum absolute atomic E-state index is 0.0255. The monoisotopic (exact) mass is 435 g/mol. The van der Waals surface area contributed by atoms with Gasteiger partial charge in [0.1, 0.15) is 6.61 Å². The number of carbonyl (C=O) groups excluding carboxylic acids is 2. The highest BCUT2D eigenvalue weighted by molar-refractivity contribution is 7.93. The van der Waals surface area contributed by atoms with Gasteiger partial charge in [0, 0.05) is 30.7 Å². The fraction of sp³-hybridized carbons (Fsp3) is 0.364. The third kappa shape index (κ3) is 11.2. The molecule has 2 N–H and O–H groups in total. The molecule has 30 heavy (non-hydrogen) atoms. The van der Waals surface area contributed by atoms with Crippen molar-refractivity contribution in [2.75, 3.05) is 19.4 Å². The molecule has 0 aromatic heterocycles. The summed E-state index contributed by atoms with van der Waals surface area (Å²) in [7, 11) is -3.34. The zero-order valence-electron chi connectivity index (χ0n) is 17.8. The first-order valence-electron chi connectivity index (χ1n) is 9.40. The molecule has 0 saturated heterocycles. The Kier molecular flexibility index (Phi) is 10.0. The van der Waals surface area contributed by atoms with Gasteiger partial charge in [0.25, 0.3) is 0 Å². The summed E-state index contributed by atoms with van der Waals surface area (Å²) in [6, 6.07) is 4.94. The molecule has 0 atom stereocenters. The van der Waals surface area contributed by atoms with Crippen LogP contribution in [0.15, 0.2) is 53.0 Å². The summed E-state index contributed by atoms with van der Waals surface area (Å²) in [5.74, 6) is -0.175. The minimum atomic E-state index is -3.34. The Morgan fingerprint density at radius 3 is 2.50 bits per heavy atom. The van der Waals surface area contributed by atoms with Crippen LogP contribution in [0.25, 0.3) is 0 Å². The smallest absolute Gasteiger partial charge is 0.244 e. The van der Waals surface area contributed by atoms with E-state index < -0.39 is 15.7 Å². The van der Waals surface area contributed by atoms with Crippen molar-refractivity contribution in [3.63, 3.8) is 0 Å². The number of phenolic OH excluding ortho intramolecular Hbond substituents is 1. The number of hydrogen-bond donors (Lipinski definition) is 2. The molecule has 0 unspecified atom stereocenters. The van der Waals surface area contributed by atoms with Gasteiger partial charge in [-0.05, 0) is 57.0 Å². The molecule has 0 saturated carbocycles. The lowest BCUT2D eigenvalue weighted by molar-refractivity contribution is -0.116. The summed E-state index contributed by atoms with van der Waals surface area (Å²) in [6.45, 7) is 6.10. The number of allylic oxidation sites excluding steroid dienone is 3. The van der Waals surface area contributed by atoms with E-state index in [-0.39, 0.29) is 24.7 Å². The molecule has 0 spiro atoms. The molecule has 0 bridgehead atoms. The number of sulfone groups is 1. The maximum atomic E-state index is 11.7. The number of ketones is 1. The molecular weight excluding hydrogens is 406 g/mol. The van der Waals surface area contributed by atoms with Crippen LogP contribution in [0.3, 0.4) is 0 Å². The predicted octanol–water partition coefficient (Wildman–Crippen LogP) is 2.86. The molecule has 0 radical (unpaired) electrons. The summed E-state index contributed by atoms with van der Waals surface area (Å²) in [4.78, 5) is 23.3. The van der Waals surface area contributed by atoms with E-state index in [0.717, 1.165) is 34.4 Å². The maximum absolute atomic E-state index is 11.7. The molecule has 1 aromatic rings. The van der Waals surface area contributed by atoms with Gasteiger partial charge in [-0.1, -0.05) is 17.2 Å². The Labute approximate surface area is 178 Å². The van der Waals surface area contributed by atoms with E-state index in [0.29, 0.717) is 18.6 Å². The number of phenols is 1. The molecule has 0 fully saturated rings. The van der Waals surface area contributed by atoms with Gasteiger partial charge in [-0.2, -0.15) is 0 Å². The highest BCUT2D eigenvalue weighted by Crippen LogP contribution is 2.27. The van der Waals surface area contributed by atoms with E-state index in [2.05, 4.69) is 5.32 Å². The van der Waals surface area contributed by atoms with Gasteiger partial charge in [-0.25, -0.2) is 8.42 Å². The van der Waals surface area contributed by atoms with Gasteiger partial charge in [-0.15, -0.1) is 0 Å². The highest BCUT2D eigenvalue weighted by Gasteiger charge is 2.05. The van der Waals surface area contributed by atoms with Crippen LogP contribution in [0.5, 0.6) is 11.5 Å². The second-order valence-corrected chi connectivity index (χ2v) is 9.13.